The second-order valence-electron chi connectivity index (χ2n) is 6.17. The van der Waals surface area contributed by atoms with Gasteiger partial charge >= 0.3 is 5.69 Å². The Labute approximate surface area is 148 Å². The lowest BCUT2D eigenvalue weighted by molar-refractivity contribution is -0.387. The van der Waals surface area contributed by atoms with E-state index in [1.54, 1.807) is 11.0 Å². The van der Waals surface area contributed by atoms with Crippen molar-refractivity contribution in [2.45, 2.75) is 18.9 Å². The third kappa shape index (κ3) is 2.63. The van der Waals surface area contributed by atoms with Crippen molar-refractivity contribution in [2.75, 3.05) is 13.3 Å². The zero-order valence-electron chi connectivity index (χ0n) is 13.7. The molecule has 7 nitrogen and oxygen atoms in total. The third-order valence-electron chi connectivity index (χ3n) is 4.70. The van der Waals surface area contributed by atoms with Gasteiger partial charge in [0.05, 0.1) is 16.5 Å². The molecule has 1 fully saturated rings. The molecule has 1 unspecified atom stereocenters. The van der Waals surface area contributed by atoms with Gasteiger partial charge in [-0.2, -0.15) is 4.39 Å². The molecule has 1 saturated heterocycles. The maximum absolute atomic E-state index is 14.4. The average Bonchev–Trinajstić information content (AvgIpc) is 3.29. The van der Waals surface area contributed by atoms with Gasteiger partial charge in [0.15, 0.2) is 11.5 Å². The Morgan fingerprint density at radius 3 is 2.85 bits per heavy atom. The first-order valence-electron chi connectivity index (χ1n) is 8.19. The molecule has 26 heavy (non-hydrogen) atoms. The van der Waals surface area contributed by atoms with E-state index in [0.29, 0.717) is 18.0 Å². The summed E-state index contributed by atoms with van der Waals surface area (Å²) in [6.07, 6.45) is 1.49. The molecule has 1 amide bonds. The Balaban J connectivity index is 1.66. The van der Waals surface area contributed by atoms with Crippen LogP contribution in [-0.2, 0) is 0 Å². The van der Waals surface area contributed by atoms with Crippen molar-refractivity contribution in [1.29, 1.82) is 0 Å². The van der Waals surface area contributed by atoms with Gasteiger partial charge in [-0.15, -0.1) is 0 Å². The summed E-state index contributed by atoms with van der Waals surface area (Å²) < 4.78 is 25.1. The SMILES string of the molecule is O=C(c1cccc([N+](=O)[O-])c1F)N1CCCC1c1ccc2c(c1)OCO2. The molecule has 2 aliphatic rings. The number of ether oxygens (including phenoxy) is 2. The molecule has 0 N–H and O–H groups in total. The number of hydrogen-bond acceptors (Lipinski definition) is 5. The molecule has 2 aromatic carbocycles. The third-order valence-corrected chi connectivity index (χ3v) is 4.70. The Morgan fingerprint density at radius 1 is 1.23 bits per heavy atom. The van der Waals surface area contributed by atoms with Crippen molar-refractivity contribution < 1.29 is 23.6 Å². The van der Waals surface area contributed by atoms with Crippen LogP contribution in [0.3, 0.4) is 0 Å². The van der Waals surface area contributed by atoms with E-state index in [9.17, 15) is 19.3 Å². The summed E-state index contributed by atoms with van der Waals surface area (Å²) in [7, 11) is 0. The molecule has 0 saturated carbocycles. The predicted molar refractivity (Wildman–Crippen MR) is 88.6 cm³/mol. The van der Waals surface area contributed by atoms with Crippen molar-refractivity contribution in [3.8, 4) is 11.5 Å². The minimum atomic E-state index is -1.10. The number of carbonyl (C=O) groups is 1. The van der Waals surface area contributed by atoms with Gasteiger partial charge in [0.1, 0.15) is 0 Å². The topological polar surface area (TPSA) is 81.9 Å². The molecule has 0 aliphatic carbocycles. The van der Waals surface area contributed by atoms with E-state index >= 15 is 0 Å². The number of hydrogen-bond donors (Lipinski definition) is 0. The smallest absolute Gasteiger partial charge is 0.305 e. The fourth-order valence-corrected chi connectivity index (χ4v) is 3.46. The van der Waals surface area contributed by atoms with Crippen LogP contribution in [0.25, 0.3) is 0 Å². The van der Waals surface area contributed by atoms with E-state index in [1.165, 1.54) is 12.1 Å². The minimum absolute atomic E-state index is 0.158. The van der Waals surface area contributed by atoms with Crippen LogP contribution < -0.4 is 9.47 Å². The van der Waals surface area contributed by atoms with Crippen molar-refractivity contribution in [3.63, 3.8) is 0 Å². The molecule has 0 aromatic heterocycles. The normalized spacial score (nSPS) is 18.2. The molecule has 4 rings (SSSR count). The van der Waals surface area contributed by atoms with Gasteiger partial charge in [-0.25, -0.2) is 0 Å². The zero-order chi connectivity index (χ0) is 18.3. The number of nitro benzene ring substituents is 1. The lowest BCUT2D eigenvalue weighted by Gasteiger charge is -2.25. The average molecular weight is 358 g/mol. The number of nitrogens with zero attached hydrogens (tertiary/aromatic N) is 2. The van der Waals surface area contributed by atoms with E-state index < -0.39 is 22.3 Å². The Morgan fingerprint density at radius 2 is 2.04 bits per heavy atom. The Kier molecular flexibility index (Phi) is 3.95. The largest absolute Gasteiger partial charge is 0.454 e. The molecule has 0 spiro atoms. The molecular weight excluding hydrogens is 343 g/mol. The highest BCUT2D eigenvalue weighted by atomic mass is 19.1. The van der Waals surface area contributed by atoms with Crippen molar-refractivity contribution in [2.24, 2.45) is 0 Å². The molecule has 8 heteroatoms. The molecule has 1 atom stereocenters. The van der Waals surface area contributed by atoms with E-state index in [2.05, 4.69) is 0 Å². The fraction of sp³-hybridized carbons (Fsp3) is 0.278. The van der Waals surface area contributed by atoms with Gasteiger partial charge in [0.2, 0.25) is 12.6 Å². The van der Waals surface area contributed by atoms with Crippen LogP contribution >= 0.6 is 0 Å². The summed E-state index contributed by atoms with van der Waals surface area (Å²) in [6.45, 7) is 0.616. The van der Waals surface area contributed by atoms with Crippen molar-refractivity contribution >= 4 is 11.6 Å². The number of rotatable bonds is 3. The molecule has 0 bridgehead atoms. The molecule has 134 valence electrons. The lowest BCUT2D eigenvalue weighted by Crippen LogP contribution is -2.31. The van der Waals surface area contributed by atoms with E-state index in [-0.39, 0.29) is 18.4 Å². The summed E-state index contributed by atoms with van der Waals surface area (Å²) in [5, 5.41) is 10.9. The van der Waals surface area contributed by atoms with Crippen molar-refractivity contribution in [1.82, 2.24) is 4.90 Å². The zero-order valence-corrected chi connectivity index (χ0v) is 13.7. The van der Waals surface area contributed by atoms with Gasteiger partial charge in [0, 0.05) is 12.6 Å². The van der Waals surface area contributed by atoms with Crippen LogP contribution in [0.5, 0.6) is 11.5 Å². The highest BCUT2D eigenvalue weighted by Gasteiger charge is 2.34. The predicted octanol–water partition coefficient (Wildman–Crippen LogP) is 3.44. The summed E-state index contributed by atoms with van der Waals surface area (Å²) in [6, 6.07) is 8.86. The van der Waals surface area contributed by atoms with E-state index in [4.69, 9.17) is 9.47 Å². The van der Waals surface area contributed by atoms with Gasteiger partial charge in [0.25, 0.3) is 5.91 Å². The van der Waals surface area contributed by atoms with Crippen LogP contribution in [0.2, 0.25) is 0 Å². The number of halogens is 1. The fourth-order valence-electron chi connectivity index (χ4n) is 3.46. The summed E-state index contributed by atoms with van der Waals surface area (Å²) in [4.78, 5) is 24.5. The minimum Gasteiger partial charge on any atom is -0.454 e. The first kappa shape index (κ1) is 16.3. The molecule has 2 heterocycles. The number of amides is 1. The van der Waals surface area contributed by atoms with Crippen LogP contribution in [0, 0.1) is 15.9 Å². The number of carbonyl (C=O) groups excluding carboxylic acids is 1. The Bertz CT molecular complexity index is 901. The van der Waals surface area contributed by atoms with Crippen LogP contribution in [0.1, 0.15) is 34.8 Å². The second kappa shape index (κ2) is 6.29. The number of likely N-dealkylation sites (tertiary alicyclic amines) is 1. The highest BCUT2D eigenvalue weighted by Crippen LogP contribution is 2.39. The van der Waals surface area contributed by atoms with Gasteiger partial charge in [-0.3, -0.25) is 14.9 Å². The number of benzene rings is 2. The molecular formula is C18H15FN2O5. The lowest BCUT2D eigenvalue weighted by atomic mass is 10.0. The standard InChI is InChI=1S/C18H15FN2O5/c19-17-12(3-1-4-14(17)21(23)24)18(22)20-8-2-5-13(20)11-6-7-15-16(9-11)26-10-25-15/h1,3-4,6-7,9,13H,2,5,8,10H2. The van der Waals surface area contributed by atoms with Crippen LogP contribution in [0.4, 0.5) is 10.1 Å². The summed E-state index contributed by atoms with van der Waals surface area (Å²) in [5.74, 6) is -0.386. The summed E-state index contributed by atoms with van der Waals surface area (Å²) >= 11 is 0. The second-order valence-corrected chi connectivity index (χ2v) is 6.17. The van der Waals surface area contributed by atoms with Crippen molar-refractivity contribution in [3.05, 3.63) is 63.5 Å². The highest BCUT2D eigenvalue weighted by molar-refractivity contribution is 5.95. The maximum Gasteiger partial charge on any atom is 0.305 e. The first-order valence-corrected chi connectivity index (χ1v) is 8.19. The molecule has 0 radical (unpaired) electrons. The number of fused-ring (bicyclic) bond motifs is 1. The molecule has 2 aliphatic heterocycles. The Hall–Kier alpha value is -3.16. The maximum atomic E-state index is 14.4. The van der Waals surface area contributed by atoms with Gasteiger partial charge in [-0.1, -0.05) is 12.1 Å². The molecule has 2 aromatic rings. The van der Waals surface area contributed by atoms with Gasteiger partial charge in [-0.05, 0) is 36.6 Å². The van der Waals surface area contributed by atoms with Crippen LogP contribution in [-0.4, -0.2) is 29.1 Å². The van der Waals surface area contributed by atoms with Crippen LogP contribution in [0.15, 0.2) is 36.4 Å². The van der Waals surface area contributed by atoms with E-state index in [1.807, 2.05) is 12.1 Å². The van der Waals surface area contributed by atoms with Gasteiger partial charge < -0.3 is 14.4 Å². The first-order chi connectivity index (χ1) is 12.6. The summed E-state index contributed by atoms with van der Waals surface area (Å²) in [5.41, 5.74) is -0.118. The number of nitro groups is 1. The quantitative estimate of drug-likeness (QED) is 0.620. The monoisotopic (exact) mass is 358 g/mol. The van der Waals surface area contributed by atoms with E-state index in [0.717, 1.165) is 24.5 Å².